The Morgan fingerprint density at radius 3 is 2.80 bits per heavy atom. The lowest BCUT2D eigenvalue weighted by molar-refractivity contribution is 0.292. The first kappa shape index (κ1) is 12.1. The summed E-state index contributed by atoms with van der Waals surface area (Å²) in [5.74, 6) is 0.463. The Bertz CT molecular complexity index is 368. The summed E-state index contributed by atoms with van der Waals surface area (Å²) in [6, 6.07) is 4.99. The smallest absolute Gasteiger partial charge is 0.139 e. The van der Waals surface area contributed by atoms with Gasteiger partial charge in [-0.3, -0.25) is 5.41 Å². The molecule has 0 amide bonds. The van der Waals surface area contributed by atoms with Gasteiger partial charge in [-0.1, -0.05) is 30.1 Å². The standard InChI is InChI=1S/C10H12Cl2N2O/c1-6(10(13)14)5-15-9-4-7(11)2-3-8(9)12/h2-4,6H,5H2,1H3,(H3,13,14). The van der Waals surface area contributed by atoms with Crippen LogP contribution in [0.2, 0.25) is 10.0 Å². The largest absolute Gasteiger partial charge is 0.491 e. The summed E-state index contributed by atoms with van der Waals surface area (Å²) in [5, 5.41) is 8.26. The molecule has 0 aliphatic heterocycles. The van der Waals surface area contributed by atoms with Crippen molar-refractivity contribution >= 4 is 29.0 Å². The molecule has 1 atom stereocenters. The van der Waals surface area contributed by atoms with Crippen molar-refractivity contribution in [1.82, 2.24) is 0 Å². The van der Waals surface area contributed by atoms with Crippen molar-refractivity contribution in [2.45, 2.75) is 6.92 Å². The van der Waals surface area contributed by atoms with Crippen LogP contribution in [0.3, 0.4) is 0 Å². The number of nitrogens with two attached hydrogens (primary N) is 1. The van der Waals surface area contributed by atoms with E-state index in [1.807, 2.05) is 0 Å². The summed E-state index contributed by atoms with van der Waals surface area (Å²) in [6.07, 6.45) is 0. The summed E-state index contributed by atoms with van der Waals surface area (Å²) in [7, 11) is 0. The lowest BCUT2D eigenvalue weighted by Gasteiger charge is -2.12. The van der Waals surface area contributed by atoms with E-state index in [4.69, 9.17) is 39.1 Å². The van der Waals surface area contributed by atoms with Crippen LogP contribution < -0.4 is 10.5 Å². The fraction of sp³-hybridized carbons (Fsp3) is 0.300. The average molecular weight is 247 g/mol. The van der Waals surface area contributed by atoms with Gasteiger partial charge in [-0.2, -0.15) is 0 Å². The van der Waals surface area contributed by atoms with E-state index in [2.05, 4.69) is 0 Å². The Morgan fingerprint density at radius 1 is 1.53 bits per heavy atom. The van der Waals surface area contributed by atoms with Gasteiger partial charge in [0.1, 0.15) is 5.75 Å². The molecular formula is C10H12Cl2N2O. The summed E-state index contributed by atoms with van der Waals surface area (Å²) >= 11 is 11.7. The quantitative estimate of drug-likeness (QED) is 0.634. The third-order valence-electron chi connectivity index (χ3n) is 1.91. The molecule has 1 aromatic carbocycles. The number of amidine groups is 1. The second-order valence-corrected chi connectivity index (χ2v) is 4.09. The van der Waals surface area contributed by atoms with Crippen molar-refractivity contribution < 1.29 is 4.74 Å². The van der Waals surface area contributed by atoms with Crippen molar-refractivity contribution in [2.75, 3.05) is 6.61 Å². The highest BCUT2D eigenvalue weighted by molar-refractivity contribution is 6.34. The molecular weight excluding hydrogens is 235 g/mol. The van der Waals surface area contributed by atoms with E-state index in [0.717, 1.165) is 0 Å². The molecule has 3 N–H and O–H groups in total. The molecule has 0 fully saturated rings. The lowest BCUT2D eigenvalue weighted by atomic mass is 10.2. The van der Waals surface area contributed by atoms with Crippen molar-refractivity contribution in [3.8, 4) is 5.75 Å². The van der Waals surface area contributed by atoms with Crippen LogP contribution >= 0.6 is 23.2 Å². The van der Waals surface area contributed by atoms with Gasteiger partial charge >= 0.3 is 0 Å². The van der Waals surface area contributed by atoms with Crippen LogP contribution in [0, 0.1) is 11.3 Å². The van der Waals surface area contributed by atoms with Crippen molar-refractivity contribution in [2.24, 2.45) is 11.7 Å². The molecule has 0 radical (unpaired) electrons. The van der Waals surface area contributed by atoms with E-state index in [9.17, 15) is 0 Å². The van der Waals surface area contributed by atoms with Gasteiger partial charge in [0.15, 0.2) is 0 Å². The van der Waals surface area contributed by atoms with E-state index in [1.54, 1.807) is 25.1 Å². The molecule has 0 spiro atoms. The second-order valence-electron chi connectivity index (χ2n) is 3.24. The fourth-order valence-corrected chi connectivity index (χ4v) is 1.23. The minimum Gasteiger partial charge on any atom is -0.491 e. The molecule has 0 saturated carbocycles. The highest BCUT2D eigenvalue weighted by atomic mass is 35.5. The number of hydrogen-bond donors (Lipinski definition) is 2. The average Bonchev–Trinajstić information content (AvgIpc) is 2.18. The summed E-state index contributed by atoms with van der Waals surface area (Å²) in [5.41, 5.74) is 5.31. The van der Waals surface area contributed by atoms with E-state index in [-0.39, 0.29) is 11.8 Å². The number of benzene rings is 1. The number of nitrogens with one attached hydrogen (secondary N) is 1. The number of ether oxygens (including phenoxy) is 1. The second kappa shape index (κ2) is 5.24. The normalized spacial score (nSPS) is 12.2. The predicted molar refractivity (Wildman–Crippen MR) is 63.0 cm³/mol. The number of halogens is 2. The highest BCUT2D eigenvalue weighted by Gasteiger charge is 2.08. The van der Waals surface area contributed by atoms with Crippen molar-refractivity contribution in [3.63, 3.8) is 0 Å². The maximum Gasteiger partial charge on any atom is 0.139 e. The molecule has 3 nitrogen and oxygen atoms in total. The summed E-state index contributed by atoms with van der Waals surface area (Å²) in [6.45, 7) is 2.12. The van der Waals surface area contributed by atoms with Crippen LogP contribution in [0.4, 0.5) is 0 Å². The Balaban J connectivity index is 2.65. The zero-order valence-corrected chi connectivity index (χ0v) is 9.77. The molecule has 5 heteroatoms. The van der Waals surface area contributed by atoms with Gasteiger partial charge < -0.3 is 10.5 Å². The number of hydrogen-bond acceptors (Lipinski definition) is 2. The van der Waals surface area contributed by atoms with Gasteiger partial charge in [0.25, 0.3) is 0 Å². The van der Waals surface area contributed by atoms with E-state index in [0.29, 0.717) is 22.4 Å². The van der Waals surface area contributed by atoms with Crippen LogP contribution in [0.15, 0.2) is 18.2 Å². The zero-order valence-electron chi connectivity index (χ0n) is 8.26. The zero-order chi connectivity index (χ0) is 11.4. The van der Waals surface area contributed by atoms with Crippen LogP contribution in [0.5, 0.6) is 5.75 Å². The Labute approximate surface area is 98.6 Å². The first-order chi connectivity index (χ1) is 7.00. The Morgan fingerprint density at radius 2 is 2.20 bits per heavy atom. The molecule has 0 bridgehead atoms. The molecule has 0 aliphatic carbocycles. The summed E-state index contributed by atoms with van der Waals surface area (Å²) in [4.78, 5) is 0. The third-order valence-corrected chi connectivity index (χ3v) is 2.46. The maximum absolute atomic E-state index is 7.20. The maximum atomic E-state index is 7.20. The molecule has 0 aromatic heterocycles. The molecule has 1 rings (SSSR count). The Kier molecular flexibility index (Phi) is 4.24. The van der Waals surface area contributed by atoms with E-state index >= 15 is 0 Å². The molecule has 1 aromatic rings. The van der Waals surface area contributed by atoms with Gasteiger partial charge in [-0.15, -0.1) is 0 Å². The van der Waals surface area contributed by atoms with Crippen LogP contribution in [-0.2, 0) is 0 Å². The topological polar surface area (TPSA) is 59.1 Å². The molecule has 0 heterocycles. The molecule has 0 aliphatic rings. The number of rotatable bonds is 4. The van der Waals surface area contributed by atoms with Crippen molar-refractivity contribution in [3.05, 3.63) is 28.2 Å². The van der Waals surface area contributed by atoms with Gasteiger partial charge in [0, 0.05) is 17.0 Å². The van der Waals surface area contributed by atoms with Crippen LogP contribution in [0.1, 0.15) is 6.92 Å². The third kappa shape index (κ3) is 3.61. The van der Waals surface area contributed by atoms with Gasteiger partial charge in [0.2, 0.25) is 0 Å². The Hall–Kier alpha value is -0.930. The minimum absolute atomic E-state index is 0.0909. The fourth-order valence-electron chi connectivity index (χ4n) is 0.892. The molecule has 15 heavy (non-hydrogen) atoms. The molecule has 1 unspecified atom stereocenters. The van der Waals surface area contributed by atoms with E-state index in [1.165, 1.54) is 0 Å². The lowest BCUT2D eigenvalue weighted by Crippen LogP contribution is -2.25. The van der Waals surface area contributed by atoms with Gasteiger partial charge in [-0.05, 0) is 12.1 Å². The first-order valence-corrected chi connectivity index (χ1v) is 5.18. The highest BCUT2D eigenvalue weighted by Crippen LogP contribution is 2.27. The monoisotopic (exact) mass is 246 g/mol. The van der Waals surface area contributed by atoms with Crippen LogP contribution in [-0.4, -0.2) is 12.4 Å². The van der Waals surface area contributed by atoms with Gasteiger partial charge in [-0.25, -0.2) is 0 Å². The SMILES string of the molecule is CC(COc1cc(Cl)ccc1Cl)C(=N)N. The predicted octanol–water partition coefficient (Wildman–Crippen LogP) is 2.94. The minimum atomic E-state index is -0.139. The summed E-state index contributed by atoms with van der Waals surface area (Å²) < 4.78 is 5.40. The molecule has 0 saturated heterocycles. The molecule has 82 valence electrons. The first-order valence-electron chi connectivity index (χ1n) is 4.42. The van der Waals surface area contributed by atoms with Crippen molar-refractivity contribution in [1.29, 1.82) is 5.41 Å². The van der Waals surface area contributed by atoms with Gasteiger partial charge in [0.05, 0.1) is 17.5 Å². The van der Waals surface area contributed by atoms with Crippen LogP contribution in [0.25, 0.3) is 0 Å². The van der Waals surface area contributed by atoms with E-state index < -0.39 is 0 Å².